The standard InChI is InChI=1S/C32H55NO26/c1-7(37)33-13-19(43)14(38)8(2-34)54-29(13)51-5-11-17(41)21(45)24(48)31(57-11)59-27-22(46)16(40)10(4-36)56-32(27)58-26-18(42)12(53-28(50)25(26)49)6-52-30-23(47)20(44)15(39)9(3-35)55-30/h8-32,34-36,38-50H,2-6H2,1H3,(H,33,37)/t8-,9-,10-,11-,12-,13-,14-,15+,16-,17-,18-,19-,20+,21+,22+,23-,24-,25-,26+,27-,28+,29-,30+,31-,32-/m1/s1. The van der Waals surface area contributed by atoms with Crippen molar-refractivity contribution in [3.8, 4) is 0 Å². The van der Waals surface area contributed by atoms with E-state index in [1.165, 1.54) is 0 Å². The highest BCUT2D eigenvalue weighted by Gasteiger charge is 2.55. The van der Waals surface area contributed by atoms with E-state index in [1.54, 1.807) is 0 Å². The molecular weight excluding hydrogens is 814 g/mol. The van der Waals surface area contributed by atoms with E-state index in [4.69, 9.17) is 42.6 Å². The first kappa shape index (κ1) is 48.5. The molecule has 0 saturated carbocycles. The predicted molar refractivity (Wildman–Crippen MR) is 178 cm³/mol. The van der Waals surface area contributed by atoms with Crippen LogP contribution in [0.3, 0.4) is 0 Å². The zero-order valence-corrected chi connectivity index (χ0v) is 31.2. The Kier molecular flexibility index (Phi) is 17.1. The highest BCUT2D eigenvalue weighted by molar-refractivity contribution is 5.73. The zero-order chi connectivity index (χ0) is 43.6. The van der Waals surface area contributed by atoms with Crippen LogP contribution in [0, 0.1) is 0 Å². The Labute approximate surface area is 333 Å². The summed E-state index contributed by atoms with van der Waals surface area (Å²) in [5.41, 5.74) is 0. The second-order valence-corrected chi connectivity index (χ2v) is 14.8. The molecule has 0 aliphatic carbocycles. The fourth-order valence-electron chi connectivity index (χ4n) is 7.20. The van der Waals surface area contributed by atoms with Crippen LogP contribution in [-0.2, 0) is 47.4 Å². The third-order valence-corrected chi connectivity index (χ3v) is 10.7. The number of amides is 1. The molecule has 5 saturated heterocycles. The van der Waals surface area contributed by atoms with E-state index >= 15 is 0 Å². The molecule has 5 aliphatic rings. The van der Waals surface area contributed by atoms with Crippen LogP contribution in [0.15, 0.2) is 0 Å². The zero-order valence-electron chi connectivity index (χ0n) is 31.2. The van der Waals surface area contributed by atoms with Gasteiger partial charge in [-0.3, -0.25) is 4.79 Å². The molecule has 1 amide bonds. The Hall–Kier alpha value is -1.53. The van der Waals surface area contributed by atoms with Crippen molar-refractivity contribution in [1.82, 2.24) is 5.32 Å². The molecule has 17 N–H and O–H groups in total. The lowest BCUT2D eigenvalue weighted by Crippen LogP contribution is -2.67. The summed E-state index contributed by atoms with van der Waals surface area (Å²) in [4.78, 5) is 11.8. The molecular formula is C32H55NO26. The summed E-state index contributed by atoms with van der Waals surface area (Å²) in [7, 11) is 0. The summed E-state index contributed by atoms with van der Waals surface area (Å²) in [6, 6.07) is -1.42. The number of hydrogen-bond acceptors (Lipinski definition) is 26. The van der Waals surface area contributed by atoms with Crippen molar-refractivity contribution in [2.24, 2.45) is 0 Å². The number of aliphatic hydroxyl groups is 16. The molecule has 344 valence electrons. The van der Waals surface area contributed by atoms with E-state index in [1.807, 2.05) is 0 Å². The molecule has 0 bridgehead atoms. The third-order valence-electron chi connectivity index (χ3n) is 10.7. The molecule has 0 unspecified atom stereocenters. The van der Waals surface area contributed by atoms with E-state index in [0.717, 1.165) is 6.92 Å². The average molecular weight is 870 g/mol. The van der Waals surface area contributed by atoms with Gasteiger partial charge in [0.25, 0.3) is 0 Å². The Bertz CT molecular complexity index is 1320. The fraction of sp³-hybridized carbons (Fsp3) is 0.969. The quantitative estimate of drug-likeness (QED) is 0.0770. The molecule has 5 rings (SSSR count). The van der Waals surface area contributed by atoms with E-state index < -0.39 is 192 Å². The van der Waals surface area contributed by atoms with Crippen molar-refractivity contribution >= 4 is 5.91 Å². The van der Waals surface area contributed by atoms with Crippen LogP contribution in [0.4, 0.5) is 0 Å². The van der Waals surface area contributed by atoms with Gasteiger partial charge in [0, 0.05) is 6.92 Å². The van der Waals surface area contributed by atoms with Gasteiger partial charge in [-0.25, -0.2) is 0 Å². The number of aliphatic hydroxyl groups excluding tert-OH is 16. The second kappa shape index (κ2) is 20.8. The van der Waals surface area contributed by atoms with Gasteiger partial charge in [0.2, 0.25) is 5.91 Å². The normalized spacial score (nSPS) is 51.0. The summed E-state index contributed by atoms with van der Waals surface area (Å²) in [5.74, 6) is -0.676. The minimum atomic E-state index is -2.13. The molecule has 5 aliphatic heterocycles. The predicted octanol–water partition coefficient (Wildman–Crippen LogP) is -11.8. The number of nitrogens with one attached hydrogen (secondary N) is 1. The van der Waals surface area contributed by atoms with Gasteiger partial charge in [0.05, 0.1) is 33.0 Å². The number of ether oxygens (including phenoxy) is 9. The average Bonchev–Trinajstić information content (AvgIpc) is 3.21. The maximum absolute atomic E-state index is 11.8. The minimum absolute atomic E-state index is 0.676. The Morgan fingerprint density at radius 3 is 1.42 bits per heavy atom. The monoisotopic (exact) mass is 869 g/mol. The van der Waals surface area contributed by atoms with Crippen LogP contribution < -0.4 is 5.32 Å². The lowest BCUT2D eigenvalue weighted by Gasteiger charge is -2.48. The van der Waals surface area contributed by atoms with Crippen LogP contribution in [0.2, 0.25) is 0 Å². The fourth-order valence-corrected chi connectivity index (χ4v) is 7.20. The van der Waals surface area contributed by atoms with Crippen molar-refractivity contribution in [3.05, 3.63) is 0 Å². The van der Waals surface area contributed by atoms with Crippen LogP contribution >= 0.6 is 0 Å². The highest BCUT2D eigenvalue weighted by atomic mass is 16.8. The van der Waals surface area contributed by atoms with E-state index in [0.29, 0.717) is 0 Å². The van der Waals surface area contributed by atoms with Crippen molar-refractivity contribution in [3.63, 3.8) is 0 Å². The second-order valence-electron chi connectivity index (χ2n) is 14.8. The molecule has 0 aromatic carbocycles. The summed E-state index contributed by atoms with van der Waals surface area (Å²) < 4.78 is 49.7. The summed E-state index contributed by atoms with van der Waals surface area (Å²) >= 11 is 0. The van der Waals surface area contributed by atoms with Crippen molar-refractivity contribution in [2.75, 3.05) is 33.0 Å². The molecule has 5 heterocycles. The first-order valence-electron chi connectivity index (χ1n) is 18.6. The molecule has 0 spiro atoms. The molecule has 27 nitrogen and oxygen atoms in total. The number of carbonyl (C=O) groups is 1. The van der Waals surface area contributed by atoms with Crippen LogP contribution in [0.1, 0.15) is 6.92 Å². The molecule has 25 atom stereocenters. The summed E-state index contributed by atoms with van der Waals surface area (Å²) in [6.07, 6.45) is -44.2. The molecule has 0 aromatic heterocycles. The summed E-state index contributed by atoms with van der Waals surface area (Å²) in [6.45, 7) is -2.94. The smallest absolute Gasteiger partial charge is 0.217 e. The highest BCUT2D eigenvalue weighted by Crippen LogP contribution is 2.34. The van der Waals surface area contributed by atoms with E-state index in [9.17, 15) is 86.5 Å². The molecule has 27 heteroatoms. The molecule has 5 fully saturated rings. The molecule has 59 heavy (non-hydrogen) atoms. The van der Waals surface area contributed by atoms with Crippen LogP contribution in [-0.4, -0.2) is 274 Å². The van der Waals surface area contributed by atoms with Crippen molar-refractivity contribution < 1.29 is 129 Å². The van der Waals surface area contributed by atoms with Gasteiger partial charge in [-0.15, -0.1) is 0 Å². The lowest BCUT2D eigenvalue weighted by molar-refractivity contribution is -0.390. The number of carbonyl (C=O) groups excluding carboxylic acids is 1. The first-order chi connectivity index (χ1) is 27.8. The Morgan fingerprint density at radius 1 is 0.441 bits per heavy atom. The van der Waals surface area contributed by atoms with Crippen LogP contribution in [0.5, 0.6) is 0 Å². The van der Waals surface area contributed by atoms with E-state index in [2.05, 4.69) is 5.32 Å². The molecule has 0 aromatic rings. The maximum Gasteiger partial charge on any atom is 0.217 e. The SMILES string of the molecule is CC(=O)N[C@H]1[C@H](OC[C@H]2O[C@H](O[C@H]3[C@@H](O[C@@H]4[C@@H](O)[C@@H](O)O[C@H](CO[C@H]5O[C@H](CO)[C@H](O)[C@H](O)[C@H]5O)[C@H]4O)O[C@H](CO)[C@@H](O)[C@@H]3O)[C@H](O)[C@@H](O)[C@@H]2O)O[C@H](CO)[C@@H](O)[C@@H]1O. The topological polar surface area (TPSA) is 436 Å². The maximum atomic E-state index is 11.8. The van der Waals surface area contributed by atoms with Gasteiger partial charge in [0.1, 0.15) is 122 Å². The third kappa shape index (κ3) is 10.5. The van der Waals surface area contributed by atoms with Gasteiger partial charge >= 0.3 is 0 Å². The lowest BCUT2D eigenvalue weighted by atomic mass is 9.96. The Balaban J connectivity index is 1.30. The number of rotatable bonds is 14. The van der Waals surface area contributed by atoms with Gasteiger partial charge in [-0.05, 0) is 0 Å². The van der Waals surface area contributed by atoms with Crippen molar-refractivity contribution in [1.29, 1.82) is 0 Å². The summed E-state index contributed by atoms with van der Waals surface area (Å²) in [5, 5.41) is 169. The minimum Gasteiger partial charge on any atom is -0.394 e. The molecule has 0 radical (unpaired) electrons. The van der Waals surface area contributed by atoms with Gasteiger partial charge in [0.15, 0.2) is 31.5 Å². The largest absolute Gasteiger partial charge is 0.394 e. The Morgan fingerprint density at radius 2 is 0.864 bits per heavy atom. The first-order valence-corrected chi connectivity index (χ1v) is 18.6. The van der Waals surface area contributed by atoms with Crippen LogP contribution in [0.25, 0.3) is 0 Å². The number of hydrogen-bond donors (Lipinski definition) is 17. The van der Waals surface area contributed by atoms with Gasteiger partial charge in [-0.2, -0.15) is 0 Å². The van der Waals surface area contributed by atoms with E-state index in [-0.39, 0.29) is 0 Å². The van der Waals surface area contributed by atoms with Gasteiger partial charge < -0.3 is 130 Å². The van der Waals surface area contributed by atoms with Crippen molar-refractivity contribution in [2.45, 2.75) is 160 Å². The van der Waals surface area contributed by atoms with Gasteiger partial charge in [-0.1, -0.05) is 0 Å².